The van der Waals surface area contributed by atoms with E-state index in [1.807, 2.05) is 6.92 Å². The Kier molecular flexibility index (Phi) is 4.97. The van der Waals surface area contributed by atoms with Crippen LogP contribution < -0.4 is 5.32 Å². The van der Waals surface area contributed by atoms with Crippen LogP contribution in [-0.4, -0.2) is 39.6 Å². The van der Waals surface area contributed by atoms with E-state index in [0.29, 0.717) is 6.61 Å². The molecule has 0 radical (unpaired) electrons. The minimum atomic E-state index is -1.74. The topological polar surface area (TPSA) is 47.6 Å². The Balaban J connectivity index is 2.51. The lowest BCUT2D eigenvalue weighted by atomic mass is 10.2. The Bertz CT molecular complexity index is 299. The van der Waals surface area contributed by atoms with E-state index < -0.39 is 8.32 Å². The molecule has 1 saturated heterocycles. The van der Waals surface area contributed by atoms with Gasteiger partial charge in [-0.1, -0.05) is 20.8 Å². The predicted octanol–water partition coefficient (Wildman–Crippen LogP) is 2.30. The molecule has 5 heteroatoms. The van der Waals surface area contributed by atoms with Crippen LogP contribution >= 0.6 is 0 Å². The van der Waals surface area contributed by atoms with Gasteiger partial charge in [-0.05, 0) is 31.5 Å². The number of carbonyl (C=O) groups is 1. The number of esters is 1. The molecule has 1 N–H and O–H groups in total. The van der Waals surface area contributed by atoms with Crippen molar-refractivity contribution in [3.05, 3.63) is 0 Å². The zero-order valence-electron chi connectivity index (χ0n) is 12.5. The van der Waals surface area contributed by atoms with Gasteiger partial charge in [-0.3, -0.25) is 4.79 Å². The summed E-state index contributed by atoms with van der Waals surface area (Å²) in [5.74, 6) is -0.154. The van der Waals surface area contributed by atoms with Crippen LogP contribution in [0.3, 0.4) is 0 Å². The maximum atomic E-state index is 11.6. The van der Waals surface area contributed by atoms with E-state index in [0.717, 1.165) is 13.0 Å². The summed E-state index contributed by atoms with van der Waals surface area (Å²) in [5, 5.41) is 3.39. The van der Waals surface area contributed by atoms with Gasteiger partial charge >= 0.3 is 5.97 Å². The van der Waals surface area contributed by atoms with Crippen LogP contribution in [0.2, 0.25) is 18.1 Å². The molecule has 1 heterocycles. The van der Waals surface area contributed by atoms with Crippen molar-refractivity contribution < 1.29 is 14.0 Å². The van der Waals surface area contributed by atoms with E-state index in [4.69, 9.17) is 9.16 Å². The Morgan fingerprint density at radius 1 is 1.39 bits per heavy atom. The third kappa shape index (κ3) is 3.80. The third-order valence-electron chi connectivity index (χ3n) is 3.93. The molecule has 106 valence electrons. The third-order valence-corrected chi connectivity index (χ3v) is 8.46. The molecule has 1 aliphatic heterocycles. The zero-order chi connectivity index (χ0) is 14.0. The molecule has 0 saturated carbocycles. The molecule has 1 aliphatic rings. The van der Waals surface area contributed by atoms with Gasteiger partial charge in [0, 0.05) is 6.54 Å². The highest BCUT2D eigenvalue weighted by molar-refractivity contribution is 6.74. The van der Waals surface area contributed by atoms with Gasteiger partial charge in [0.2, 0.25) is 0 Å². The molecular formula is C13H27NO3Si. The monoisotopic (exact) mass is 273 g/mol. The number of nitrogens with one attached hydrogen (secondary N) is 1. The average Bonchev–Trinajstić information content (AvgIpc) is 2.64. The van der Waals surface area contributed by atoms with Crippen molar-refractivity contribution in [2.75, 3.05) is 13.2 Å². The second kappa shape index (κ2) is 5.71. The quantitative estimate of drug-likeness (QED) is 0.631. The smallest absolute Gasteiger partial charge is 0.323 e. The molecule has 0 spiro atoms. The van der Waals surface area contributed by atoms with Crippen molar-refractivity contribution in [2.45, 2.75) is 64.4 Å². The zero-order valence-corrected chi connectivity index (χ0v) is 13.5. The molecule has 4 nitrogen and oxygen atoms in total. The van der Waals surface area contributed by atoms with Crippen LogP contribution in [0.1, 0.15) is 34.1 Å². The van der Waals surface area contributed by atoms with Crippen molar-refractivity contribution in [3.8, 4) is 0 Å². The van der Waals surface area contributed by atoms with E-state index in [-0.39, 0.29) is 23.2 Å². The van der Waals surface area contributed by atoms with Crippen LogP contribution in [0, 0.1) is 0 Å². The highest BCUT2D eigenvalue weighted by Crippen LogP contribution is 2.38. The number of ether oxygens (including phenoxy) is 1. The van der Waals surface area contributed by atoms with Crippen molar-refractivity contribution in [1.82, 2.24) is 5.32 Å². The molecule has 1 rings (SSSR count). The Morgan fingerprint density at radius 3 is 2.50 bits per heavy atom. The van der Waals surface area contributed by atoms with Gasteiger partial charge in [0.05, 0.1) is 12.7 Å². The maximum absolute atomic E-state index is 11.6. The van der Waals surface area contributed by atoms with E-state index in [9.17, 15) is 4.79 Å². The summed E-state index contributed by atoms with van der Waals surface area (Å²) in [4.78, 5) is 11.6. The summed E-state index contributed by atoms with van der Waals surface area (Å²) in [5.41, 5.74) is 0. The molecule has 0 aromatic carbocycles. The van der Waals surface area contributed by atoms with Crippen molar-refractivity contribution >= 4 is 14.3 Å². The van der Waals surface area contributed by atoms with Crippen LogP contribution in [0.15, 0.2) is 0 Å². The first-order valence-corrected chi connectivity index (χ1v) is 9.66. The van der Waals surface area contributed by atoms with Gasteiger partial charge in [0.15, 0.2) is 8.32 Å². The lowest BCUT2D eigenvalue weighted by Crippen LogP contribution is -2.44. The summed E-state index contributed by atoms with van der Waals surface area (Å²) in [7, 11) is -1.74. The largest absolute Gasteiger partial charge is 0.465 e. The second-order valence-corrected chi connectivity index (χ2v) is 11.2. The minimum Gasteiger partial charge on any atom is -0.465 e. The van der Waals surface area contributed by atoms with Crippen molar-refractivity contribution in [1.29, 1.82) is 0 Å². The van der Waals surface area contributed by atoms with Gasteiger partial charge in [0.25, 0.3) is 0 Å². The maximum Gasteiger partial charge on any atom is 0.323 e. The summed E-state index contributed by atoms with van der Waals surface area (Å²) in [6, 6.07) is -0.195. The SMILES string of the molecule is CCOC(=O)[C@@H]1C[C@@H](O[Si](C)(C)C(C)(C)C)CN1. The number of carbonyl (C=O) groups excluding carboxylic acids is 1. The summed E-state index contributed by atoms with van der Waals surface area (Å²) < 4.78 is 11.3. The van der Waals surface area contributed by atoms with Gasteiger partial charge < -0.3 is 14.5 Å². The number of hydrogen-bond acceptors (Lipinski definition) is 4. The van der Waals surface area contributed by atoms with Gasteiger partial charge in [-0.2, -0.15) is 0 Å². The molecule has 0 aromatic rings. The van der Waals surface area contributed by atoms with E-state index >= 15 is 0 Å². The van der Waals surface area contributed by atoms with Crippen molar-refractivity contribution in [3.63, 3.8) is 0 Å². The summed E-state index contributed by atoms with van der Waals surface area (Å²) >= 11 is 0. The van der Waals surface area contributed by atoms with E-state index in [1.54, 1.807) is 0 Å². The first kappa shape index (κ1) is 15.7. The summed E-state index contributed by atoms with van der Waals surface area (Å²) in [6.07, 6.45) is 0.867. The van der Waals surface area contributed by atoms with Crippen LogP contribution in [0.5, 0.6) is 0 Å². The first-order valence-electron chi connectivity index (χ1n) is 6.75. The fourth-order valence-corrected chi connectivity index (χ4v) is 3.18. The average molecular weight is 273 g/mol. The highest BCUT2D eigenvalue weighted by atomic mass is 28.4. The normalized spacial score (nSPS) is 25.2. The standard InChI is InChI=1S/C13H27NO3Si/c1-7-16-12(15)11-8-10(9-14-11)17-18(5,6)13(2,3)4/h10-11,14H,7-9H2,1-6H3/t10-,11+/m1/s1. The fourth-order valence-electron chi connectivity index (χ4n) is 1.81. The molecular weight excluding hydrogens is 246 g/mol. The van der Waals surface area contributed by atoms with E-state index in [2.05, 4.69) is 39.2 Å². The molecule has 0 aromatic heterocycles. The molecule has 0 aliphatic carbocycles. The Hall–Kier alpha value is -0.393. The highest BCUT2D eigenvalue weighted by Gasteiger charge is 2.41. The Morgan fingerprint density at radius 2 is 2.00 bits per heavy atom. The lowest BCUT2D eigenvalue weighted by molar-refractivity contribution is -0.145. The lowest BCUT2D eigenvalue weighted by Gasteiger charge is -2.38. The molecule has 0 unspecified atom stereocenters. The molecule has 18 heavy (non-hydrogen) atoms. The fraction of sp³-hybridized carbons (Fsp3) is 0.923. The van der Waals surface area contributed by atoms with Crippen LogP contribution in [-0.2, 0) is 14.0 Å². The first-order chi connectivity index (χ1) is 8.17. The molecule has 0 bridgehead atoms. The molecule has 1 fully saturated rings. The summed E-state index contributed by atoms with van der Waals surface area (Å²) in [6.45, 7) is 14.2. The number of hydrogen-bond donors (Lipinski definition) is 1. The van der Waals surface area contributed by atoms with Crippen LogP contribution in [0.25, 0.3) is 0 Å². The van der Waals surface area contributed by atoms with Crippen molar-refractivity contribution in [2.24, 2.45) is 0 Å². The van der Waals surface area contributed by atoms with Gasteiger partial charge in [-0.25, -0.2) is 0 Å². The Labute approximate surface area is 112 Å². The van der Waals surface area contributed by atoms with Gasteiger partial charge in [-0.15, -0.1) is 0 Å². The predicted molar refractivity (Wildman–Crippen MR) is 75.1 cm³/mol. The molecule has 2 atom stereocenters. The van der Waals surface area contributed by atoms with E-state index in [1.165, 1.54) is 0 Å². The minimum absolute atomic E-state index is 0.139. The molecule has 0 amide bonds. The number of rotatable bonds is 4. The second-order valence-electron chi connectivity index (χ2n) is 6.45. The van der Waals surface area contributed by atoms with Gasteiger partial charge in [0.1, 0.15) is 6.04 Å². The van der Waals surface area contributed by atoms with Crippen LogP contribution in [0.4, 0.5) is 0 Å².